The average molecular weight is 225 g/mol. The van der Waals surface area contributed by atoms with Crippen LogP contribution in [0.4, 0.5) is 0 Å². The molecule has 0 radical (unpaired) electrons. The molecule has 1 aliphatic carbocycles. The maximum atomic E-state index is 6.13. The standard InChI is InChI=1S/C14H27NO/c1-3-13(2)11-12-16-14(15-13)9-7-5-4-6-8-10-14/h15H,3-12H2,1-2H3. The summed E-state index contributed by atoms with van der Waals surface area (Å²) in [4.78, 5) is 0. The van der Waals surface area contributed by atoms with Gasteiger partial charge in [0.2, 0.25) is 0 Å². The summed E-state index contributed by atoms with van der Waals surface area (Å²) in [6.45, 7) is 5.59. The highest BCUT2D eigenvalue weighted by molar-refractivity contribution is 4.94. The Morgan fingerprint density at radius 1 is 1.00 bits per heavy atom. The van der Waals surface area contributed by atoms with Gasteiger partial charge in [-0.1, -0.05) is 26.2 Å². The fourth-order valence-electron chi connectivity index (χ4n) is 3.13. The molecule has 1 spiro atoms. The van der Waals surface area contributed by atoms with Gasteiger partial charge in [-0.25, -0.2) is 0 Å². The number of rotatable bonds is 1. The summed E-state index contributed by atoms with van der Waals surface area (Å²) >= 11 is 0. The molecule has 1 heterocycles. The number of nitrogens with one attached hydrogen (secondary N) is 1. The van der Waals surface area contributed by atoms with Gasteiger partial charge in [-0.15, -0.1) is 0 Å². The predicted molar refractivity (Wildman–Crippen MR) is 67.5 cm³/mol. The molecule has 2 nitrogen and oxygen atoms in total. The molecule has 1 N–H and O–H groups in total. The molecule has 1 aliphatic heterocycles. The second kappa shape index (κ2) is 5.05. The lowest BCUT2D eigenvalue weighted by Crippen LogP contribution is -2.62. The Bertz CT molecular complexity index is 221. The Kier molecular flexibility index (Phi) is 3.91. The van der Waals surface area contributed by atoms with E-state index in [4.69, 9.17) is 4.74 Å². The quantitative estimate of drug-likeness (QED) is 0.736. The first-order valence-electron chi connectivity index (χ1n) is 7.11. The second-order valence-corrected chi connectivity index (χ2v) is 5.90. The fourth-order valence-corrected chi connectivity index (χ4v) is 3.13. The molecule has 94 valence electrons. The summed E-state index contributed by atoms with van der Waals surface area (Å²) in [5.74, 6) is 0. The zero-order valence-electron chi connectivity index (χ0n) is 11.0. The fraction of sp³-hybridized carbons (Fsp3) is 1.00. The van der Waals surface area contributed by atoms with Crippen molar-refractivity contribution in [3.05, 3.63) is 0 Å². The summed E-state index contributed by atoms with van der Waals surface area (Å²) in [7, 11) is 0. The van der Waals surface area contributed by atoms with E-state index < -0.39 is 0 Å². The first-order valence-corrected chi connectivity index (χ1v) is 7.11. The van der Waals surface area contributed by atoms with Crippen LogP contribution in [0.25, 0.3) is 0 Å². The zero-order chi connectivity index (χ0) is 11.5. The summed E-state index contributed by atoms with van der Waals surface area (Å²) < 4.78 is 6.13. The van der Waals surface area contributed by atoms with Crippen LogP contribution in [0.15, 0.2) is 0 Å². The highest BCUT2D eigenvalue weighted by atomic mass is 16.5. The van der Waals surface area contributed by atoms with Gasteiger partial charge in [0.05, 0.1) is 6.61 Å². The van der Waals surface area contributed by atoms with E-state index in [1.807, 2.05) is 0 Å². The molecule has 0 aromatic carbocycles. The number of ether oxygens (including phenoxy) is 1. The topological polar surface area (TPSA) is 21.3 Å². The van der Waals surface area contributed by atoms with Crippen molar-refractivity contribution in [3.63, 3.8) is 0 Å². The Balaban J connectivity index is 2.03. The van der Waals surface area contributed by atoms with Crippen molar-refractivity contribution in [1.82, 2.24) is 5.32 Å². The molecule has 2 rings (SSSR count). The molecule has 0 bridgehead atoms. The molecule has 1 atom stereocenters. The smallest absolute Gasteiger partial charge is 0.119 e. The Hall–Kier alpha value is -0.0800. The Morgan fingerprint density at radius 3 is 2.25 bits per heavy atom. The van der Waals surface area contributed by atoms with Gasteiger partial charge in [0.15, 0.2) is 0 Å². The summed E-state index contributed by atoms with van der Waals surface area (Å²) in [6, 6.07) is 0. The van der Waals surface area contributed by atoms with Crippen LogP contribution in [0.3, 0.4) is 0 Å². The number of hydrogen-bond acceptors (Lipinski definition) is 2. The van der Waals surface area contributed by atoms with Crippen molar-refractivity contribution < 1.29 is 4.74 Å². The van der Waals surface area contributed by atoms with Gasteiger partial charge in [0.25, 0.3) is 0 Å². The van der Waals surface area contributed by atoms with Gasteiger partial charge in [0, 0.05) is 5.54 Å². The molecule has 2 heteroatoms. The van der Waals surface area contributed by atoms with Crippen LogP contribution in [0, 0.1) is 0 Å². The third-order valence-corrected chi connectivity index (χ3v) is 4.50. The van der Waals surface area contributed by atoms with E-state index in [2.05, 4.69) is 19.2 Å². The molecule has 2 aliphatic rings. The van der Waals surface area contributed by atoms with E-state index >= 15 is 0 Å². The average Bonchev–Trinajstić information content (AvgIpc) is 2.25. The van der Waals surface area contributed by atoms with Crippen molar-refractivity contribution in [2.45, 2.75) is 82.9 Å². The van der Waals surface area contributed by atoms with Crippen molar-refractivity contribution in [3.8, 4) is 0 Å². The SMILES string of the molecule is CCC1(C)CCOC2(CCCCCCC2)N1. The lowest BCUT2D eigenvalue weighted by molar-refractivity contribution is -0.142. The molecule has 0 aromatic heterocycles. The minimum Gasteiger partial charge on any atom is -0.361 e. The zero-order valence-corrected chi connectivity index (χ0v) is 11.0. The Labute approximate surface area is 100 Å². The van der Waals surface area contributed by atoms with Crippen molar-refractivity contribution in [1.29, 1.82) is 0 Å². The molecule has 1 saturated carbocycles. The largest absolute Gasteiger partial charge is 0.361 e. The van der Waals surface area contributed by atoms with Crippen LogP contribution in [-0.4, -0.2) is 17.9 Å². The van der Waals surface area contributed by atoms with Gasteiger partial charge >= 0.3 is 0 Å². The van der Waals surface area contributed by atoms with Gasteiger partial charge in [-0.05, 0) is 45.4 Å². The molecule has 0 amide bonds. The lowest BCUT2D eigenvalue weighted by atomic mass is 9.85. The van der Waals surface area contributed by atoms with Gasteiger partial charge in [-0.2, -0.15) is 0 Å². The monoisotopic (exact) mass is 225 g/mol. The molecule has 1 unspecified atom stereocenters. The molecular weight excluding hydrogens is 198 g/mol. The lowest BCUT2D eigenvalue weighted by Gasteiger charge is -2.48. The summed E-state index contributed by atoms with van der Waals surface area (Å²) in [5.41, 5.74) is 0.320. The Morgan fingerprint density at radius 2 is 1.62 bits per heavy atom. The van der Waals surface area contributed by atoms with Gasteiger partial charge in [0.1, 0.15) is 5.72 Å². The normalized spacial score (nSPS) is 35.6. The van der Waals surface area contributed by atoms with E-state index in [9.17, 15) is 0 Å². The highest BCUT2D eigenvalue weighted by Crippen LogP contribution is 2.34. The van der Waals surface area contributed by atoms with E-state index in [1.165, 1.54) is 51.4 Å². The molecule has 0 aromatic rings. The molecule has 1 saturated heterocycles. The van der Waals surface area contributed by atoms with E-state index in [0.29, 0.717) is 5.54 Å². The van der Waals surface area contributed by atoms with Crippen LogP contribution >= 0.6 is 0 Å². The molecule has 2 fully saturated rings. The summed E-state index contributed by atoms with van der Waals surface area (Å²) in [6.07, 6.45) is 11.6. The molecule has 16 heavy (non-hydrogen) atoms. The van der Waals surface area contributed by atoms with Crippen LogP contribution in [-0.2, 0) is 4.74 Å². The van der Waals surface area contributed by atoms with E-state index in [1.54, 1.807) is 0 Å². The van der Waals surface area contributed by atoms with Crippen LogP contribution < -0.4 is 5.32 Å². The van der Waals surface area contributed by atoms with E-state index in [0.717, 1.165) is 13.0 Å². The van der Waals surface area contributed by atoms with Crippen molar-refractivity contribution in [2.24, 2.45) is 0 Å². The van der Waals surface area contributed by atoms with Crippen molar-refractivity contribution in [2.75, 3.05) is 6.61 Å². The minimum atomic E-state index is 0.0173. The predicted octanol–water partition coefficient (Wildman–Crippen LogP) is 3.61. The highest BCUT2D eigenvalue weighted by Gasteiger charge is 2.41. The van der Waals surface area contributed by atoms with Crippen molar-refractivity contribution >= 4 is 0 Å². The summed E-state index contributed by atoms with van der Waals surface area (Å²) in [5, 5.41) is 3.84. The van der Waals surface area contributed by atoms with Crippen LogP contribution in [0.2, 0.25) is 0 Å². The van der Waals surface area contributed by atoms with E-state index in [-0.39, 0.29) is 5.72 Å². The first-order chi connectivity index (χ1) is 7.68. The number of hydrogen-bond donors (Lipinski definition) is 1. The first kappa shape index (κ1) is 12.4. The third kappa shape index (κ3) is 2.78. The minimum absolute atomic E-state index is 0.0173. The maximum absolute atomic E-state index is 6.13. The van der Waals surface area contributed by atoms with Gasteiger partial charge < -0.3 is 4.74 Å². The van der Waals surface area contributed by atoms with Crippen LogP contribution in [0.5, 0.6) is 0 Å². The van der Waals surface area contributed by atoms with Gasteiger partial charge in [-0.3, -0.25) is 5.32 Å². The second-order valence-electron chi connectivity index (χ2n) is 5.90. The maximum Gasteiger partial charge on any atom is 0.119 e. The molecular formula is C14H27NO. The van der Waals surface area contributed by atoms with Crippen LogP contribution in [0.1, 0.15) is 71.6 Å². The third-order valence-electron chi connectivity index (χ3n) is 4.50.